The first-order chi connectivity index (χ1) is 9.58. The first kappa shape index (κ1) is 13.5. The lowest BCUT2D eigenvalue weighted by molar-refractivity contribution is 0.00962. The van der Waals surface area contributed by atoms with Gasteiger partial charge >= 0.3 is 0 Å². The molecule has 1 aliphatic carbocycles. The van der Waals surface area contributed by atoms with Crippen LogP contribution in [0, 0.1) is 5.41 Å². The SMILES string of the molecule is CC1(CNc2nn3c(=O)ccnc3s2)CCCCC1O. The molecule has 0 spiro atoms. The number of fused-ring (bicyclic) bond motifs is 1. The van der Waals surface area contributed by atoms with Gasteiger partial charge in [0.1, 0.15) is 0 Å². The van der Waals surface area contributed by atoms with E-state index >= 15 is 0 Å². The van der Waals surface area contributed by atoms with Gasteiger partial charge in [0, 0.05) is 24.2 Å². The molecule has 3 rings (SSSR count). The summed E-state index contributed by atoms with van der Waals surface area (Å²) in [5, 5.41) is 18.3. The predicted molar refractivity (Wildman–Crippen MR) is 78.2 cm³/mol. The molecule has 6 nitrogen and oxygen atoms in total. The molecule has 1 aliphatic rings. The van der Waals surface area contributed by atoms with Crippen LogP contribution in [0.25, 0.3) is 4.96 Å². The molecule has 0 bridgehead atoms. The third-order valence-electron chi connectivity index (χ3n) is 4.09. The molecule has 0 aliphatic heterocycles. The van der Waals surface area contributed by atoms with Crippen LogP contribution in [0.1, 0.15) is 32.6 Å². The van der Waals surface area contributed by atoms with Gasteiger partial charge in [-0.2, -0.15) is 4.52 Å². The zero-order chi connectivity index (χ0) is 14.2. The molecule has 2 N–H and O–H groups in total. The predicted octanol–water partition coefficient (Wildman–Crippen LogP) is 1.50. The first-order valence-electron chi connectivity index (χ1n) is 6.85. The maximum absolute atomic E-state index is 11.6. The summed E-state index contributed by atoms with van der Waals surface area (Å²) in [6.45, 7) is 2.75. The summed E-state index contributed by atoms with van der Waals surface area (Å²) in [7, 11) is 0. The molecule has 0 saturated heterocycles. The second-order valence-corrected chi connectivity index (χ2v) is 6.61. The van der Waals surface area contributed by atoms with Crippen molar-refractivity contribution in [3.8, 4) is 0 Å². The number of rotatable bonds is 3. The van der Waals surface area contributed by atoms with Crippen LogP contribution in [0.5, 0.6) is 0 Å². The van der Waals surface area contributed by atoms with Gasteiger partial charge in [0.05, 0.1) is 6.10 Å². The average molecular weight is 294 g/mol. The van der Waals surface area contributed by atoms with E-state index in [2.05, 4.69) is 22.3 Å². The van der Waals surface area contributed by atoms with Crippen LogP contribution in [0.15, 0.2) is 17.1 Å². The molecule has 0 aromatic carbocycles. The van der Waals surface area contributed by atoms with Crippen LogP contribution in [-0.2, 0) is 0 Å². The Bertz CT molecular complexity index is 668. The normalized spacial score (nSPS) is 26.8. The van der Waals surface area contributed by atoms with E-state index in [9.17, 15) is 9.90 Å². The van der Waals surface area contributed by atoms with Crippen molar-refractivity contribution in [1.29, 1.82) is 0 Å². The van der Waals surface area contributed by atoms with Crippen molar-refractivity contribution in [3.05, 3.63) is 22.6 Å². The lowest BCUT2D eigenvalue weighted by atomic mass is 9.73. The third-order valence-corrected chi connectivity index (χ3v) is 4.97. The number of aliphatic hydroxyl groups is 1. The van der Waals surface area contributed by atoms with Crippen LogP contribution in [-0.4, -0.2) is 32.4 Å². The van der Waals surface area contributed by atoms with E-state index in [4.69, 9.17) is 0 Å². The van der Waals surface area contributed by atoms with E-state index in [1.54, 1.807) is 0 Å². The van der Waals surface area contributed by atoms with Gasteiger partial charge in [-0.1, -0.05) is 31.1 Å². The Balaban J connectivity index is 1.76. The minimum absolute atomic E-state index is 0.130. The van der Waals surface area contributed by atoms with Gasteiger partial charge in [-0.05, 0) is 12.8 Å². The van der Waals surface area contributed by atoms with Crippen molar-refractivity contribution in [1.82, 2.24) is 14.6 Å². The summed E-state index contributed by atoms with van der Waals surface area (Å²) in [6.07, 6.45) is 5.32. The van der Waals surface area contributed by atoms with E-state index < -0.39 is 0 Å². The van der Waals surface area contributed by atoms with E-state index in [1.807, 2.05) is 0 Å². The monoisotopic (exact) mass is 294 g/mol. The lowest BCUT2D eigenvalue weighted by Crippen LogP contribution is -2.41. The highest BCUT2D eigenvalue weighted by atomic mass is 32.1. The second kappa shape index (κ2) is 5.14. The topological polar surface area (TPSA) is 79.5 Å². The van der Waals surface area contributed by atoms with Gasteiger partial charge in [-0.25, -0.2) is 4.98 Å². The molecule has 1 fully saturated rings. The molecule has 0 radical (unpaired) electrons. The largest absolute Gasteiger partial charge is 0.392 e. The standard InChI is InChI=1S/C13H18N4O2S/c1-13(6-3-2-4-9(13)18)8-15-11-16-17-10(19)5-7-14-12(17)20-11/h5,7,9,18H,2-4,6,8H2,1H3,(H,15,16). The average Bonchev–Trinajstić information content (AvgIpc) is 2.85. The number of nitrogens with one attached hydrogen (secondary N) is 1. The quantitative estimate of drug-likeness (QED) is 0.897. The summed E-state index contributed by atoms with van der Waals surface area (Å²) >= 11 is 1.35. The van der Waals surface area contributed by atoms with Gasteiger partial charge in [0.2, 0.25) is 10.1 Å². The number of anilines is 1. The van der Waals surface area contributed by atoms with Gasteiger partial charge in [0.15, 0.2) is 0 Å². The number of aliphatic hydroxyl groups excluding tert-OH is 1. The minimum Gasteiger partial charge on any atom is -0.392 e. The van der Waals surface area contributed by atoms with E-state index in [0.29, 0.717) is 16.6 Å². The first-order valence-corrected chi connectivity index (χ1v) is 7.67. The van der Waals surface area contributed by atoms with Crippen molar-refractivity contribution >= 4 is 21.4 Å². The Labute approximate surface area is 120 Å². The maximum atomic E-state index is 11.6. The van der Waals surface area contributed by atoms with Crippen molar-refractivity contribution < 1.29 is 5.11 Å². The molecule has 1 saturated carbocycles. The highest BCUT2D eigenvalue weighted by molar-refractivity contribution is 7.20. The van der Waals surface area contributed by atoms with Gasteiger partial charge in [-0.15, -0.1) is 5.10 Å². The number of aromatic nitrogens is 3. The van der Waals surface area contributed by atoms with Gasteiger partial charge in [0.25, 0.3) is 5.56 Å². The number of hydrogen-bond donors (Lipinski definition) is 2. The summed E-state index contributed by atoms with van der Waals surface area (Å²) in [4.78, 5) is 16.3. The molecule has 7 heteroatoms. The van der Waals surface area contributed by atoms with Crippen molar-refractivity contribution in [2.24, 2.45) is 5.41 Å². The molecule has 2 unspecified atom stereocenters. The molecule has 0 amide bonds. The van der Waals surface area contributed by atoms with Crippen molar-refractivity contribution in [2.75, 3.05) is 11.9 Å². The summed E-state index contributed by atoms with van der Waals surface area (Å²) in [5.41, 5.74) is -0.308. The van der Waals surface area contributed by atoms with Crippen LogP contribution in [0.4, 0.5) is 5.13 Å². The molecule has 2 heterocycles. The Kier molecular flexibility index (Phi) is 3.47. The fourth-order valence-corrected chi connectivity index (χ4v) is 3.45. The fraction of sp³-hybridized carbons (Fsp3) is 0.615. The Hall–Kier alpha value is -1.47. The van der Waals surface area contributed by atoms with E-state index in [0.717, 1.165) is 25.7 Å². The zero-order valence-corrected chi connectivity index (χ0v) is 12.2. The Morgan fingerprint density at radius 1 is 1.60 bits per heavy atom. The van der Waals surface area contributed by atoms with E-state index in [-0.39, 0.29) is 17.1 Å². The Morgan fingerprint density at radius 2 is 2.45 bits per heavy atom. The summed E-state index contributed by atoms with van der Waals surface area (Å²) in [6, 6.07) is 1.39. The molecule has 2 aromatic rings. The van der Waals surface area contributed by atoms with Crippen molar-refractivity contribution in [3.63, 3.8) is 0 Å². The van der Waals surface area contributed by atoms with Crippen LogP contribution in [0.3, 0.4) is 0 Å². The highest BCUT2D eigenvalue weighted by Gasteiger charge is 2.35. The van der Waals surface area contributed by atoms with Gasteiger partial charge in [-0.3, -0.25) is 4.79 Å². The summed E-state index contributed by atoms with van der Waals surface area (Å²) < 4.78 is 1.30. The number of hydrogen-bond acceptors (Lipinski definition) is 6. The van der Waals surface area contributed by atoms with E-state index in [1.165, 1.54) is 28.1 Å². The fourth-order valence-electron chi connectivity index (χ4n) is 2.68. The minimum atomic E-state index is -0.279. The molecular weight excluding hydrogens is 276 g/mol. The molecule has 2 atom stereocenters. The van der Waals surface area contributed by atoms with Crippen LogP contribution < -0.4 is 10.9 Å². The molecular formula is C13H18N4O2S. The molecule has 20 heavy (non-hydrogen) atoms. The van der Waals surface area contributed by atoms with Crippen LogP contribution in [0.2, 0.25) is 0 Å². The maximum Gasteiger partial charge on any atom is 0.275 e. The van der Waals surface area contributed by atoms with Crippen molar-refractivity contribution in [2.45, 2.75) is 38.7 Å². The molecule has 108 valence electrons. The zero-order valence-electron chi connectivity index (χ0n) is 11.4. The molecule has 2 aromatic heterocycles. The lowest BCUT2D eigenvalue weighted by Gasteiger charge is -2.38. The third kappa shape index (κ3) is 2.43. The highest BCUT2D eigenvalue weighted by Crippen LogP contribution is 2.36. The Morgan fingerprint density at radius 3 is 3.20 bits per heavy atom. The second-order valence-electron chi connectivity index (χ2n) is 5.65. The summed E-state index contributed by atoms with van der Waals surface area (Å²) in [5.74, 6) is 0. The number of nitrogens with zero attached hydrogens (tertiary/aromatic N) is 3. The smallest absolute Gasteiger partial charge is 0.275 e. The van der Waals surface area contributed by atoms with Crippen LogP contribution >= 0.6 is 11.3 Å². The van der Waals surface area contributed by atoms with Gasteiger partial charge < -0.3 is 10.4 Å².